The first-order chi connectivity index (χ1) is 9.55. The third-order valence-electron chi connectivity index (χ3n) is 3.77. The average Bonchev–Trinajstić information content (AvgIpc) is 2.43. The normalized spacial score (nSPS) is 12.0. The maximum absolute atomic E-state index is 11.5. The summed E-state index contributed by atoms with van der Waals surface area (Å²) in [5, 5.41) is 5.58. The molecule has 5 heteroatoms. The molecule has 4 rings (SSSR count). The maximum atomic E-state index is 11.5. The minimum absolute atomic E-state index is 0. The van der Waals surface area contributed by atoms with Crippen LogP contribution in [0.2, 0.25) is 0 Å². The molecule has 0 saturated carbocycles. The molecule has 0 aliphatic heterocycles. The van der Waals surface area contributed by atoms with Crippen LogP contribution in [0.15, 0.2) is 59.5 Å². The van der Waals surface area contributed by atoms with E-state index in [0.29, 0.717) is 5.39 Å². The summed E-state index contributed by atoms with van der Waals surface area (Å²) in [5.74, 6) is 0. The smallest absolute Gasteiger partial charge is 1.00 e. The Hall–Kier alpha value is -1.17. The van der Waals surface area contributed by atoms with Crippen molar-refractivity contribution in [3.8, 4) is 0 Å². The summed E-state index contributed by atoms with van der Waals surface area (Å²) in [7, 11) is -4.23. The van der Waals surface area contributed by atoms with Gasteiger partial charge < -0.3 is 1.43 Å². The van der Waals surface area contributed by atoms with Crippen molar-refractivity contribution in [2.45, 2.75) is 4.90 Å². The molecule has 21 heavy (non-hydrogen) atoms. The monoisotopic (exact) mass is 306 g/mol. The summed E-state index contributed by atoms with van der Waals surface area (Å²) < 4.78 is 32.5. The number of rotatable bonds is 1. The standard InChI is InChI=1S/C16H10O3S.Na.H/c17-20(18,19)14-9-7-12-5-4-10-2-1-3-11-6-8-13(14)16(12)15(10)11;;/h1-9H,(H,17,18,19);;/q;+1;-1. The summed E-state index contributed by atoms with van der Waals surface area (Å²) in [5.41, 5.74) is 0. The SMILES string of the molecule is O=S(=O)(O)c1ccc2ccc3cccc4ccc1c2c34.[H-].[Na+]. The van der Waals surface area contributed by atoms with Gasteiger partial charge in [-0.15, -0.1) is 0 Å². The number of hydrogen-bond acceptors (Lipinski definition) is 2. The van der Waals surface area contributed by atoms with Crippen LogP contribution in [0.3, 0.4) is 0 Å². The van der Waals surface area contributed by atoms with Crippen LogP contribution in [-0.2, 0) is 10.1 Å². The molecule has 1 N–H and O–H groups in total. The Labute approximate surface area is 145 Å². The zero-order valence-electron chi connectivity index (χ0n) is 12.4. The zero-order chi connectivity index (χ0) is 13.9. The number of hydrogen-bond donors (Lipinski definition) is 1. The molecular formula is C16H11NaO3S. The van der Waals surface area contributed by atoms with Crippen LogP contribution < -0.4 is 29.6 Å². The van der Waals surface area contributed by atoms with Crippen LogP contribution in [0.5, 0.6) is 0 Å². The quantitative estimate of drug-likeness (QED) is 0.324. The molecular weight excluding hydrogens is 295 g/mol. The van der Waals surface area contributed by atoms with E-state index >= 15 is 0 Å². The third kappa shape index (κ3) is 2.15. The molecule has 0 atom stereocenters. The molecule has 0 aliphatic rings. The molecule has 0 radical (unpaired) electrons. The van der Waals surface area contributed by atoms with Gasteiger partial charge in [-0.05, 0) is 33.0 Å². The molecule has 0 unspecified atom stereocenters. The van der Waals surface area contributed by atoms with Gasteiger partial charge in [0.15, 0.2) is 0 Å². The van der Waals surface area contributed by atoms with E-state index in [2.05, 4.69) is 0 Å². The van der Waals surface area contributed by atoms with Crippen molar-refractivity contribution >= 4 is 42.4 Å². The van der Waals surface area contributed by atoms with Gasteiger partial charge in [-0.3, -0.25) is 4.55 Å². The Kier molecular flexibility index (Phi) is 3.47. The largest absolute Gasteiger partial charge is 1.00 e. The van der Waals surface area contributed by atoms with Gasteiger partial charge in [-0.2, -0.15) is 8.42 Å². The van der Waals surface area contributed by atoms with Gasteiger partial charge in [0.05, 0.1) is 0 Å². The van der Waals surface area contributed by atoms with Crippen LogP contribution in [0.4, 0.5) is 0 Å². The molecule has 0 bridgehead atoms. The van der Waals surface area contributed by atoms with E-state index in [9.17, 15) is 13.0 Å². The first-order valence-corrected chi connectivity index (χ1v) is 7.64. The fraction of sp³-hybridized carbons (Fsp3) is 0. The van der Waals surface area contributed by atoms with E-state index in [0.717, 1.165) is 26.9 Å². The molecule has 3 nitrogen and oxygen atoms in total. The van der Waals surface area contributed by atoms with Crippen LogP contribution in [0.25, 0.3) is 32.3 Å². The molecule has 0 aliphatic carbocycles. The van der Waals surface area contributed by atoms with Crippen molar-refractivity contribution in [2.75, 3.05) is 0 Å². The summed E-state index contributed by atoms with van der Waals surface area (Å²) in [6.45, 7) is 0. The van der Waals surface area contributed by atoms with Gasteiger partial charge in [0.1, 0.15) is 4.90 Å². The minimum atomic E-state index is -4.23. The van der Waals surface area contributed by atoms with Gasteiger partial charge in [-0.1, -0.05) is 48.5 Å². The fourth-order valence-electron chi connectivity index (χ4n) is 2.93. The van der Waals surface area contributed by atoms with Crippen molar-refractivity contribution in [3.05, 3.63) is 54.6 Å². The first-order valence-electron chi connectivity index (χ1n) is 6.20. The molecule has 4 aromatic rings. The van der Waals surface area contributed by atoms with Crippen molar-refractivity contribution in [1.29, 1.82) is 0 Å². The maximum Gasteiger partial charge on any atom is 1.00 e. The Balaban J connectivity index is 0.000000882. The molecule has 0 amide bonds. The second kappa shape index (κ2) is 4.93. The van der Waals surface area contributed by atoms with Crippen molar-refractivity contribution in [1.82, 2.24) is 0 Å². The molecule has 4 aromatic carbocycles. The average molecular weight is 306 g/mol. The van der Waals surface area contributed by atoms with E-state index in [1.54, 1.807) is 12.1 Å². The second-order valence-electron chi connectivity index (χ2n) is 4.89. The van der Waals surface area contributed by atoms with Crippen LogP contribution >= 0.6 is 0 Å². The van der Waals surface area contributed by atoms with Gasteiger partial charge in [0, 0.05) is 5.39 Å². The van der Waals surface area contributed by atoms with Crippen LogP contribution in [0, 0.1) is 0 Å². The summed E-state index contributed by atoms with van der Waals surface area (Å²) in [4.78, 5) is -0.0387. The molecule has 0 spiro atoms. The van der Waals surface area contributed by atoms with E-state index < -0.39 is 10.1 Å². The van der Waals surface area contributed by atoms with Crippen molar-refractivity contribution < 1.29 is 44.0 Å². The first kappa shape index (κ1) is 14.8. The predicted octanol–water partition coefficient (Wildman–Crippen LogP) is 0.947. The van der Waals surface area contributed by atoms with E-state index in [4.69, 9.17) is 0 Å². The summed E-state index contributed by atoms with van der Waals surface area (Å²) >= 11 is 0. The van der Waals surface area contributed by atoms with Gasteiger partial charge >= 0.3 is 29.6 Å². The van der Waals surface area contributed by atoms with Gasteiger partial charge in [0.25, 0.3) is 10.1 Å². The van der Waals surface area contributed by atoms with E-state index in [1.165, 1.54) is 6.07 Å². The fourth-order valence-corrected chi connectivity index (χ4v) is 3.62. The van der Waals surface area contributed by atoms with Crippen molar-refractivity contribution in [2.24, 2.45) is 0 Å². The Bertz CT molecular complexity index is 1060. The van der Waals surface area contributed by atoms with Crippen LogP contribution in [0.1, 0.15) is 1.43 Å². The Morgan fingerprint density at radius 2 is 1.29 bits per heavy atom. The summed E-state index contributed by atoms with van der Waals surface area (Å²) in [6, 6.07) is 16.8. The molecule has 0 saturated heterocycles. The molecule has 0 aromatic heterocycles. The van der Waals surface area contributed by atoms with E-state index in [1.807, 2.05) is 36.4 Å². The number of benzene rings is 4. The van der Waals surface area contributed by atoms with Gasteiger partial charge in [-0.25, -0.2) is 0 Å². The van der Waals surface area contributed by atoms with Gasteiger partial charge in [0.2, 0.25) is 0 Å². The van der Waals surface area contributed by atoms with Crippen LogP contribution in [-0.4, -0.2) is 13.0 Å². The zero-order valence-corrected chi connectivity index (χ0v) is 14.2. The summed E-state index contributed by atoms with van der Waals surface area (Å²) in [6.07, 6.45) is 0. The van der Waals surface area contributed by atoms with Crippen molar-refractivity contribution in [3.63, 3.8) is 0 Å². The predicted molar refractivity (Wildman–Crippen MR) is 81.1 cm³/mol. The molecule has 0 fully saturated rings. The Morgan fingerprint density at radius 1 is 0.762 bits per heavy atom. The molecule has 0 heterocycles. The van der Waals surface area contributed by atoms with E-state index in [-0.39, 0.29) is 35.9 Å². The topological polar surface area (TPSA) is 54.4 Å². The molecule has 100 valence electrons. The Morgan fingerprint density at radius 3 is 1.90 bits per heavy atom. The minimum Gasteiger partial charge on any atom is -1.00 e. The second-order valence-corrected chi connectivity index (χ2v) is 6.28. The third-order valence-corrected chi connectivity index (χ3v) is 4.68.